The fourth-order valence-electron chi connectivity index (χ4n) is 3.82. The van der Waals surface area contributed by atoms with Gasteiger partial charge in [-0.1, -0.05) is 55.8 Å². The summed E-state index contributed by atoms with van der Waals surface area (Å²) in [4.78, 5) is 37.5. The molecule has 0 saturated heterocycles. The first-order valence-electron chi connectivity index (χ1n) is 12.8. The highest BCUT2D eigenvalue weighted by Gasteiger charge is 2.23. The summed E-state index contributed by atoms with van der Waals surface area (Å²) < 4.78 is 5.71. The molecule has 4 rings (SSSR count). The highest BCUT2D eigenvalue weighted by atomic mass is 32.2. The minimum Gasteiger partial charge on any atom is -0.494 e. The van der Waals surface area contributed by atoms with Crippen LogP contribution >= 0.6 is 11.8 Å². The van der Waals surface area contributed by atoms with E-state index in [0.29, 0.717) is 18.0 Å². The fraction of sp³-hybridized carbons (Fsp3) is 0.161. The van der Waals surface area contributed by atoms with Crippen LogP contribution in [0.25, 0.3) is 0 Å². The number of carbonyl (C=O) groups is 2. The Labute approximate surface area is 236 Å². The van der Waals surface area contributed by atoms with Gasteiger partial charge in [0.05, 0.1) is 11.5 Å². The summed E-state index contributed by atoms with van der Waals surface area (Å²) in [5.74, 6) is 0.0941. The van der Waals surface area contributed by atoms with Gasteiger partial charge in [-0.15, -0.1) is 11.8 Å². The molecule has 0 aliphatic carbocycles. The first-order valence-corrected chi connectivity index (χ1v) is 13.7. The Bertz CT molecular complexity index is 1460. The molecule has 1 unspecified atom stereocenters. The van der Waals surface area contributed by atoms with Gasteiger partial charge in [-0.2, -0.15) is 0 Å². The zero-order chi connectivity index (χ0) is 28.3. The molecule has 9 heteroatoms. The number of nitro benzene ring substituents is 1. The van der Waals surface area contributed by atoms with E-state index in [1.54, 1.807) is 18.2 Å². The summed E-state index contributed by atoms with van der Waals surface area (Å²) in [7, 11) is 0. The van der Waals surface area contributed by atoms with Crippen LogP contribution in [0.4, 0.5) is 17.1 Å². The molecule has 0 aliphatic heterocycles. The van der Waals surface area contributed by atoms with Gasteiger partial charge in [-0.3, -0.25) is 19.7 Å². The molecular weight excluding hydrogens is 526 g/mol. The predicted molar refractivity (Wildman–Crippen MR) is 158 cm³/mol. The Morgan fingerprint density at radius 3 is 2.35 bits per heavy atom. The van der Waals surface area contributed by atoms with E-state index in [4.69, 9.17) is 4.74 Å². The average molecular weight is 556 g/mol. The van der Waals surface area contributed by atoms with E-state index < -0.39 is 16.1 Å². The second kappa shape index (κ2) is 14.0. The Hall–Kier alpha value is -4.63. The Kier molecular flexibility index (Phi) is 9.90. The molecule has 4 aromatic rings. The maximum atomic E-state index is 13.5. The number of amides is 2. The lowest BCUT2D eigenvalue weighted by molar-refractivity contribution is -0.384. The Morgan fingerprint density at radius 2 is 1.62 bits per heavy atom. The van der Waals surface area contributed by atoms with Crippen LogP contribution in [0.15, 0.2) is 108 Å². The van der Waals surface area contributed by atoms with Crippen molar-refractivity contribution < 1.29 is 19.2 Å². The van der Waals surface area contributed by atoms with Crippen molar-refractivity contribution in [3.8, 4) is 5.75 Å². The van der Waals surface area contributed by atoms with Crippen LogP contribution in [0.5, 0.6) is 5.75 Å². The van der Waals surface area contributed by atoms with Crippen LogP contribution in [0, 0.1) is 10.1 Å². The van der Waals surface area contributed by atoms with Crippen LogP contribution in [0.3, 0.4) is 0 Å². The molecule has 2 N–H and O–H groups in total. The number of hydrogen-bond donors (Lipinski definition) is 2. The third-order valence-electron chi connectivity index (χ3n) is 5.89. The van der Waals surface area contributed by atoms with Gasteiger partial charge in [0.2, 0.25) is 5.91 Å². The smallest absolute Gasteiger partial charge is 0.270 e. The van der Waals surface area contributed by atoms with Gasteiger partial charge < -0.3 is 15.4 Å². The SMILES string of the molecule is CCCCOc1ccc(NC(=O)C(Sc2cccc(NC(=O)c3cccc([N+](=O)[O-])c3)c2)c2ccccc2)cc1. The number of nitrogens with zero attached hydrogens (tertiary/aromatic N) is 1. The van der Waals surface area contributed by atoms with Gasteiger partial charge in [0.15, 0.2) is 0 Å². The van der Waals surface area contributed by atoms with Gasteiger partial charge in [0.25, 0.3) is 11.6 Å². The monoisotopic (exact) mass is 555 g/mol. The second-order valence-electron chi connectivity index (χ2n) is 8.91. The van der Waals surface area contributed by atoms with E-state index in [1.807, 2.05) is 60.7 Å². The number of non-ortho nitro benzene ring substituents is 1. The highest BCUT2D eigenvalue weighted by Crippen LogP contribution is 2.37. The van der Waals surface area contributed by atoms with Crippen LogP contribution < -0.4 is 15.4 Å². The molecule has 2 amide bonds. The van der Waals surface area contributed by atoms with Crippen LogP contribution in [0.1, 0.15) is 40.9 Å². The number of nitro groups is 1. The molecule has 0 saturated carbocycles. The van der Waals surface area contributed by atoms with Crippen molar-refractivity contribution in [2.75, 3.05) is 17.2 Å². The number of thioether (sulfide) groups is 1. The lowest BCUT2D eigenvalue weighted by Crippen LogP contribution is -2.19. The molecule has 40 heavy (non-hydrogen) atoms. The summed E-state index contributed by atoms with van der Waals surface area (Å²) in [6.07, 6.45) is 2.04. The van der Waals surface area contributed by atoms with Crippen molar-refractivity contribution >= 4 is 40.6 Å². The minimum atomic E-state index is -0.565. The normalized spacial score (nSPS) is 11.3. The van der Waals surface area contributed by atoms with Crippen molar-refractivity contribution in [3.63, 3.8) is 0 Å². The van der Waals surface area contributed by atoms with E-state index in [0.717, 1.165) is 29.1 Å². The van der Waals surface area contributed by atoms with Gasteiger partial charge in [-0.25, -0.2) is 0 Å². The molecule has 0 radical (unpaired) electrons. The third-order valence-corrected chi connectivity index (χ3v) is 7.14. The molecule has 8 nitrogen and oxygen atoms in total. The van der Waals surface area contributed by atoms with Gasteiger partial charge in [0, 0.05) is 34.0 Å². The van der Waals surface area contributed by atoms with Crippen molar-refractivity contribution in [1.29, 1.82) is 0 Å². The summed E-state index contributed by atoms with van der Waals surface area (Å²) >= 11 is 1.35. The number of unbranched alkanes of at least 4 members (excludes halogenated alkanes) is 1. The molecule has 0 aromatic heterocycles. The van der Waals surface area contributed by atoms with Crippen LogP contribution in [0.2, 0.25) is 0 Å². The summed E-state index contributed by atoms with van der Waals surface area (Å²) in [6, 6.07) is 29.4. The number of carbonyl (C=O) groups excluding carboxylic acids is 2. The van der Waals surface area contributed by atoms with Crippen molar-refractivity contribution in [2.24, 2.45) is 0 Å². The number of hydrogen-bond acceptors (Lipinski definition) is 6. The molecule has 1 atom stereocenters. The van der Waals surface area contributed by atoms with Crippen molar-refractivity contribution in [3.05, 3.63) is 124 Å². The fourth-order valence-corrected chi connectivity index (χ4v) is 4.91. The lowest BCUT2D eigenvalue weighted by Gasteiger charge is -2.18. The molecule has 0 fully saturated rings. The predicted octanol–water partition coefficient (Wildman–Crippen LogP) is 7.50. The van der Waals surface area contributed by atoms with Crippen LogP contribution in [-0.4, -0.2) is 23.3 Å². The number of benzene rings is 4. The van der Waals surface area contributed by atoms with E-state index in [9.17, 15) is 19.7 Å². The second-order valence-corrected chi connectivity index (χ2v) is 10.1. The zero-order valence-corrected chi connectivity index (χ0v) is 22.7. The maximum absolute atomic E-state index is 13.5. The number of ether oxygens (including phenoxy) is 1. The Balaban J connectivity index is 1.48. The third kappa shape index (κ3) is 7.94. The van der Waals surface area contributed by atoms with Gasteiger partial charge >= 0.3 is 0 Å². The quantitative estimate of drug-likeness (QED) is 0.0811. The van der Waals surface area contributed by atoms with Gasteiger partial charge in [-0.05, 0) is 60.5 Å². The van der Waals surface area contributed by atoms with E-state index in [2.05, 4.69) is 17.6 Å². The highest BCUT2D eigenvalue weighted by molar-refractivity contribution is 8.00. The topological polar surface area (TPSA) is 111 Å². The number of nitrogens with one attached hydrogen (secondary N) is 2. The standard InChI is InChI=1S/C31H29N3O5S/c1-2-3-19-39-27-17-15-24(16-18-27)32-31(36)29(22-9-5-4-6-10-22)40-28-14-8-12-25(21-28)33-30(35)23-11-7-13-26(20-23)34(37)38/h4-18,20-21,29H,2-3,19H2,1H3,(H,32,36)(H,33,35). The molecule has 204 valence electrons. The first kappa shape index (κ1) is 28.4. The lowest BCUT2D eigenvalue weighted by atomic mass is 10.1. The van der Waals surface area contributed by atoms with Crippen molar-refractivity contribution in [1.82, 2.24) is 0 Å². The first-order chi connectivity index (χ1) is 19.4. The molecule has 4 aromatic carbocycles. The average Bonchev–Trinajstić information content (AvgIpc) is 2.97. The summed E-state index contributed by atoms with van der Waals surface area (Å²) in [5.41, 5.74) is 2.01. The van der Waals surface area contributed by atoms with E-state index in [1.165, 1.54) is 36.0 Å². The summed E-state index contributed by atoms with van der Waals surface area (Å²) in [5, 5.41) is 16.3. The van der Waals surface area contributed by atoms with Crippen LogP contribution in [-0.2, 0) is 4.79 Å². The molecule has 0 spiro atoms. The van der Waals surface area contributed by atoms with Gasteiger partial charge in [0.1, 0.15) is 11.0 Å². The summed E-state index contributed by atoms with van der Waals surface area (Å²) in [6.45, 7) is 2.76. The molecule has 0 heterocycles. The molecule has 0 bridgehead atoms. The Morgan fingerprint density at radius 1 is 0.875 bits per heavy atom. The number of rotatable bonds is 12. The largest absolute Gasteiger partial charge is 0.494 e. The van der Waals surface area contributed by atoms with Crippen molar-refractivity contribution in [2.45, 2.75) is 29.9 Å². The van der Waals surface area contributed by atoms with E-state index in [-0.39, 0.29) is 17.2 Å². The molecule has 0 aliphatic rings. The number of anilines is 2. The zero-order valence-electron chi connectivity index (χ0n) is 21.9. The minimum absolute atomic E-state index is 0.160. The maximum Gasteiger partial charge on any atom is 0.270 e. The van der Waals surface area contributed by atoms with E-state index >= 15 is 0 Å². The molecular formula is C31H29N3O5S.